The van der Waals surface area contributed by atoms with Crippen molar-refractivity contribution >= 4 is 34.0 Å². The molecule has 0 saturated carbocycles. The second kappa shape index (κ2) is 7.86. The minimum Gasteiger partial charge on any atom is -0.326 e. The summed E-state index contributed by atoms with van der Waals surface area (Å²) >= 11 is 0. The van der Waals surface area contributed by atoms with Crippen LogP contribution in [0.3, 0.4) is 0 Å². The molecule has 154 valence electrons. The number of Topliss-reactive ketones (excluding diaryl/α,β-unsaturated/α-hetero) is 1. The number of aromatic nitrogens is 2. The summed E-state index contributed by atoms with van der Waals surface area (Å²) in [6.45, 7) is 5.12. The van der Waals surface area contributed by atoms with Gasteiger partial charge in [0.25, 0.3) is 11.2 Å². The lowest BCUT2D eigenvalue weighted by molar-refractivity contribution is -0.384. The number of hydrogen-bond donors (Lipinski definition) is 1. The van der Waals surface area contributed by atoms with Crippen molar-refractivity contribution in [3.05, 3.63) is 74.8 Å². The fourth-order valence-corrected chi connectivity index (χ4v) is 2.68. The number of carbonyl (C=O) groups is 2. The van der Waals surface area contributed by atoms with Crippen molar-refractivity contribution < 1.29 is 14.5 Å². The molecule has 1 heterocycles. The maximum Gasteiger partial charge on any atom is 0.270 e. The van der Waals surface area contributed by atoms with E-state index in [-0.39, 0.29) is 29.3 Å². The Balaban J connectivity index is 1.81. The van der Waals surface area contributed by atoms with Crippen LogP contribution in [0.15, 0.2) is 53.6 Å². The van der Waals surface area contributed by atoms with Crippen molar-refractivity contribution in [1.82, 2.24) is 9.55 Å². The van der Waals surface area contributed by atoms with Gasteiger partial charge < -0.3 is 5.32 Å². The number of nitro groups is 1. The predicted molar refractivity (Wildman–Crippen MR) is 112 cm³/mol. The number of rotatable bonds is 5. The fraction of sp³-hybridized carbons (Fsp3) is 0.238. The molecule has 2 aromatic carbocycles. The lowest BCUT2D eigenvalue weighted by Crippen LogP contribution is -2.27. The average Bonchev–Trinajstić information content (AvgIpc) is 2.69. The Morgan fingerprint density at radius 1 is 1.13 bits per heavy atom. The molecule has 1 N–H and O–H groups in total. The maximum atomic E-state index is 12.6. The Kier molecular flexibility index (Phi) is 5.46. The summed E-state index contributed by atoms with van der Waals surface area (Å²) in [5.74, 6) is -0.484. The largest absolute Gasteiger partial charge is 0.326 e. The predicted octanol–water partition coefficient (Wildman–Crippen LogP) is 3.17. The zero-order valence-electron chi connectivity index (χ0n) is 16.7. The number of anilines is 1. The van der Waals surface area contributed by atoms with Crippen molar-refractivity contribution in [2.45, 2.75) is 27.3 Å². The molecule has 3 aromatic rings. The lowest BCUT2D eigenvalue weighted by atomic mass is 9.95. The van der Waals surface area contributed by atoms with Gasteiger partial charge in [-0.1, -0.05) is 20.8 Å². The van der Waals surface area contributed by atoms with Crippen LogP contribution in [0.5, 0.6) is 0 Å². The van der Waals surface area contributed by atoms with Crippen LogP contribution in [0.25, 0.3) is 10.9 Å². The van der Waals surface area contributed by atoms with Gasteiger partial charge in [0, 0.05) is 28.8 Å². The first kappa shape index (κ1) is 20.8. The summed E-state index contributed by atoms with van der Waals surface area (Å²) in [6, 6.07) is 10.2. The number of fused-ring (bicyclic) bond motifs is 1. The number of amides is 1. The first-order valence-electron chi connectivity index (χ1n) is 9.14. The van der Waals surface area contributed by atoms with Gasteiger partial charge in [0.2, 0.25) is 5.91 Å². The van der Waals surface area contributed by atoms with Crippen LogP contribution in [-0.4, -0.2) is 26.2 Å². The summed E-state index contributed by atoms with van der Waals surface area (Å²) in [7, 11) is 0. The van der Waals surface area contributed by atoms with Crippen LogP contribution in [-0.2, 0) is 11.3 Å². The van der Waals surface area contributed by atoms with Crippen LogP contribution >= 0.6 is 0 Å². The maximum absolute atomic E-state index is 12.6. The molecule has 0 spiro atoms. The summed E-state index contributed by atoms with van der Waals surface area (Å²) in [4.78, 5) is 51.7. The monoisotopic (exact) mass is 408 g/mol. The Morgan fingerprint density at radius 3 is 2.40 bits per heavy atom. The van der Waals surface area contributed by atoms with Crippen molar-refractivity contribution in [3.63, 3.8) is 0 Å². The third-order valence-electron chi connectivity index (χ3n) is 4.48. The van der Waals surface area contributed by atoms with Crippen LogP contribution in [0.1, 0.15) is 31.1 Å². The Morgan fingerprint density at radius 2 is 1.80 bits per heavy atom. The Bertz CT molecular complexity index is 1210. The van der Waals surface area contributed by atoms with Gasteiger partial charge in [-0.3, -0.25) is 29.1 Å². The molecule has 0 radical (unpaired) electrons. The number of nitrogens with zero attached hydrogens (tertiary/aromatic N) is 3. The SMILES string of the molecule is CC(C)(C)C(=O)Nc1ccc(C(=O)Cn2cnc3ccc([N+](=O)[O-])cc3c2=O)cc1. The second-order valence-electron chi connectivity index (χ2n) is 7.84. The molecule has 3 rings (SSSR count). The Hall–Kier alpha value is -3.88. The minimum atomic E-state index is -0.596. The molecular weight excluding hydrogens is 388 g/mol. The number of hydrogen-bond acceptors (Lipinski definition) is 6. The van der Waals surface area contributed by atoms with Gasteiger partial charge in [0.05, 0.1) is 28.7 Å². The highest BCUT2D eigenvalue weighted by Crippen LogP contribution is 2.19. The van der Waals surface area contributed by atoms with E-state index in [2.05, 4.69) is 10.3 Å². The summed E-state index contributed by atoms with van der Waals surface area (Å²) < 4.78 is 1.11. The highest BCUT2D eigenvalue weighted by atomic mass is 16.6. The van der Waals surface area contributed by atoms with E-state index in [1.54, 1.807) is 45.0 Å². The van der Waals surface area contributed by atoms with Gasteiger partial charge in [0.1, 0.15) is 0 Å². The van der Waals surface area contributed by atoms with E-state index in [1.165, 1.54) is 18.5 Å². The van der Waals surface area contributed by atoms with Gasteiger partial charge in [0.15, 0.2) is 5.78 Å². The smallest absolute Gasteiger partial charge is 0.270 e. The first-order chi connectivity index (χ1) is 14.1. The van der Waals surface area contributed by atoms with E-state index < -0.39 is 15.9 Å². The van der Waals surface area contributed by atoms with Crippen molar-refractivity contribution in [3.8, 4) is 0 Å². The zero-order chi connectivity index (χ0) is 22.1. The van der Waals surface area contributed by atoms with E-state index in [4.69, 9.17) is 0 Å². The van der Waals surface area contributed by atoms with E-state index >= 15 is 0 Å². The molecule has 0 aliphatic heterocycles. The van der Waals surface area contributed by atoms with Crippen LogP contribution in [0.2, 0.25) is 0 Å². The number of ketones is 1. The average molecular weight is 408 g/mol. The number of nitrogens with one attached hydrogen (secondary N) is 1. The first-order valence-corrected chi connectivity index (χ1v) is 9.14. The molecule has 0 unspecified atom stereocenters. The molecule has 1 amide bonds. The van der Waals surface area contributed by atoms with Gasteiger partial charge in [-0.2, -0.15) is 0 Å². The van der Waals surface area contributed by atoms with Gasteiger partial charge >= 0.3 is 0 Å². The standard InChI is InChI=1S/C21H20N4O5/c1-21(2,3)20(28)23-14-6-4-13(5-7-14)18(26)11-24-12-22-17-9-8-15(25(29)30)10-16(17)19(24)27/h4-10,12H,11H2,1-3H3,(H,23,28). The summed E-state index contributed by atoms with van der Waals surface area (Å²) in [5.41, 5.74) is -0.0794. The highest BCUT2D eigenvalue weighted by molar-refractivity contribution is 5.98. The fourth-order valence-electron chi connectivity index (χ4n) is 2.68. The van der Waals surface area contributed by atoms with Gasteiger partial charge in [-0.25, -0.2) is 4.98 Å². The third kappa shape index (κ3) is 4.40. The summed E-state index contributed by atoms with van der Waals surface area (Å²) in [6.07, 6.45) is 1.24. The molecule has 9 nitrogen and oxygen atoms in total. The molecule has 0 aliphatic rings. The lowest BCUT2D eigenvalue weighted by Gasteiger charge is -2.17. The van der Waals surface area contributed by atoms with Gasteiger partial charge in [-0.05, 0) is 30.3 Å². The van der Waals surface area contributed by atoms with Crippen LogP contribution < -0.4 is 10.9 Å². The summed E-state index contributed by atoms with van der Waals surface area (Å²) in [5, 5.41) is 13.8. The van der Waals surface area contributed by atoms with E-state index in [9.17, 15) is 24.5 Å². The molecule has 0 atom stereocenters. The van der Waals surface area contributed by atoms with Crippen molar-refractivity contribution in [1.29, 1.82) is 0 Å². The molecule has 0 aliphatic carbocycles. The van der Waals surface area contributed by atoms with E-state index in [1.807, 2.05) is 0 Å². The minimum absolute atomic E-state index is 0.0692. The molecule has 0 bridgehead atoms. The van der Waals surface area contributed by atoms with Gasteiger partial charge in [-0.15, -0.1) is 0 Å². The zero-order valence-corrected chi connectivity index (χ0v) is 16.7. The Labute approximate surface area is 171 Å². The van der Waals surface area contributed by atoms with Crippen LogP contribution in [0.4, 0.5) is 11.4 Å². The quantitative estimate of drug-likeness (QED) is 0.393. The normalized spacial score (nSPS) is 11.3. The topological polar surface area (TPSA) is 124 Å². The third-order valence-corrected chi connectivity index (χ3v) is 4.48. The van der Waals surface area contributed by atoms with Crippen LogP contribution in [0, 0.1) is 15.5 Å². The molecule has 9 heteroatoms. The molecule has 0 fully saturated rings. The molecule has 30 heavy (non-hydrogen) atoms. The number of non-ortho nitro benzene ring substituents is 1. The van der Waals surface area contributed by atoms with E-state index in [0.29, 0.717) is 16.8 Å². The highest BCUT2D eigenvalue weighted by Gasteiger charge is 2.21. The molecule has 0 saturated heterocycles. The van der Waals surface area contributed by atoms with Crippen molar-refractivity contribution in [2.75, 3.05) is 5.32 Å². The number of nitro benzene ring substituents is 1. The number of benzene rings is 2. The second-order valence-corrected chi connectivity index (χ2v) is 7.84. The number of carbonyl (C=O) groups excluding carboxylic acids is 2. The van der Waals surface area contributed by atoms with E-state index in [0.717, 1.165) is 10.6 Å². The molecular formula is C21H20N4O5. The van der Waals surface area contributed by atoms with Crippen molar-refractivity contribution in [2.24, 2.45) is 5.41 Å². The molecule has 1 aromatic heterocycles.